The molecule has 0 N–H and O–H groups in total. The molecule has 290 valence electrons. The van der Waals surface area contributed by atoms with E-state index in [2.05, 4.69) is 94.9 Å². The van der Waals surface area contributed by atoms with Crippen LogP contribution in [-0.4, -0.2) is 29.9 Å². The first kappa shape index (κ1) is 35.5. The highest BCUT2D eigenvalue weighted by Crippen LogP contribution is 2.64. The van der Waals surface area contributed by atoms with Crippen LogP contribution in [0.5, 0.6) is 11.5 Å². The summed E-state index contributed by atoms with van der Waals surface area (Å²) in [5.74, 6) is 3.44. The third-order valence-electron chi connectivity index (χ3n) is 12.0. The third kappa shape index (κ3) is 5.59. The number of nitrogens with zero attached hydrogens (tertiary/aromatic N) is 6. The zero-order valence-electron chi connectivity index (χ0n) is 33.2. The summed E-state index contributed by atoms with van der Waals surface area (Å²) < 4.78 is 6.73. The molecule has 2 aliphatic rings. The quantitative estimate of drug-likeness (QED) is 0.166. The van der Waals surface area contributed by atoms with Crippen LogP contribution in [0.1, 0.15) is 22.3 Å². The third-order valence-corrected chi connectivity index (χ3v) is 12.0. The second-order valence-electron chi connectivity index (χ2n) is 15.4. The fraction of sp³-hybridized carbons (Fsp3) is 0.0182. The zero-order valence-corrected chi connectivity index (χ0v) is 33.2. The van der Waals surface area contributed by atoms with Crippen LogP contribution in [0.3, 0.4) is 0 Å². The van der Waals surface area contributed by atoms with Gasteiger partial charge in [-0.15, -0.1) is 0 Å². The van der Waals surface area contributed by atoms with Crippen molar-refractivity contribution < 1.29 is 4.74 Å². The number of pyridine rings is 3. The molecule has 0 bridgehead atoms. The molecule has 10 aromatic rings. The number of benzene rings is 6. The molecule has 0 saturated heterocycles. The molecular formula is C55H34N6O. The highest BCUT2D eigenvalue weighted by molar-refractivity contribution is 6.02. The van der Waals surface area contributed by atoms with Gasteiger partial charge in [0.25, 0.3) is 0 Å². The first-order valence-electron chi connectivity index (χ1n) is 20.6. The van der Waals surface area contributed by atoms with Gasteiger partial charge in [0.2, 0.25) is 0 Å². The Kier molecular flexibility index (Phi) is 8.25. The number of ether oxygens (including phenoxy) is 1. The molecule has 0 unspecified atom stereocenters. The van der Waals surface area contributed by atoms with Gasteiger partial charge in [-0.1, -0.05) is 133 Å². The Bertz CT molecular complexity index is 2980. The van der Waals surface area contributed by atoms with E-state index in [1.54, 1.807) is 0 Å². The van der Waals surface area contributed by atoms with Crippen LogP contribution in [0.4, 0.5) is 0 Å². The Morgan fingerprint density at radius 3 is 1.29 bits per heavy atom. The van der Waals surface area contributed by atoms with Crippen molar-refractivity contribution in [3.63, 3.8) is 0 Å². The molecule has 4 aromatic heterocycles. The molecule has 0 amide bonds. The van der Waals surface area contributed by atoms with E-state index in [1.807, 2.05) is 122 Å². The second-order valence-corrected chi connectivity index (χ2v) is 15.4. The minimum Gasteiger partial charge on any atom is -0.457 e. The topological polar surface area (TPSA) is 86.6 Å². The van der Waals surface area contributed by atoms with Gasteiger partial charge in [-0.05, 0) is 81.9 Å². The maximum absolute atomic E-state index is 6.73. The normalized spacial score (nSPS) is 12.8. The summed E-state index contributed by atoms with van der Waals surface area (Å²) in [6, 6.07) is 62.8. The largest absolute Gasteiger partial charge is 0.457 e. The number of fused-ring (bicyclic) bond motifs is 9. The standard InChI is InChI=1S/C55H34N6O/c1-3-13-37(14-4-1)52-59-53(38-15-5-2-6-16-38)61-54(60-52)41-18-12-22-45-51(41)50-40(39-33-46(35-25-29-56-30-26-35)58-47(34-39)36-27-31-57-32-28-36)17-11-21-44(50)55(45)42-19-7-9-23-48(42)62-49-24-10-8-20-43(49)55/h1-34H. The van der Waals surface area contributed by atoms with Gasteiger partial charge in [0, 0.05) is 63.7 Å². The summed E-state index contributed by atoms with van der Waals surface area (Å²) in [4.78, 5) is 29.6. The predicted molar refractivity (Wildman–Crippen MR) is 243 cm³/mol. The van der Waals surface area contributed by atoms with Crippen LogP contribution < -0.4 is 4.74 Å². The molecule has 0 fully saturated rings. The average Bonchev–Trinajstić information content (AvgIpc) is 3.65. The Morgan fingerprint density at radius 2 is 0.758 bits per heavy atom. The van der Waals surface area contributed by atoms with Crippen LogP contribution in [-0.2, 0) is 5.41 Å². The van der Waals surface area contributed by atoms with E-state index in [4.69, 9.17) is 24.7 Å². The van der Waals surface area contributed by atoms with Crippen molar-refractivity contribution in [2.24, 2.45) is 0 Å². The van der Waals surface area contributed by atoms with Crippen LogP contribution >= 0.6 is 0 Å². The summed E-state index contributed by atoms with van der Waals surface area (Å²) in [5, 5.41) is 0. The Morgan fingerprint density at radius 1 is 0.323 bits per heavy atom. The van der Waals surface area contributed by atoms with Crippen LogP contribution in [0.2, 0.25) is 0 Å². The molecule has 7 nitrogen and oxygen atoms in total. The average molecular weight is 795 g/mol. The van der Waals surface area contributed by atoms with Crippen LogP contribution in [0.25, 0.3) is 78.9 Å². The fourth-order valence-corrected chi connectivity index (χ4v) is 9.37. The number of hydrogen-bond donors (Lipinski definition) is 0. The first-order valence-corrected chi connectivity index (χ1v) is 20.6. The lowest BCUT2D eigenvalue weighted by Crippen LogP contribution is -2.32. The lowest BCUT2D eigenvalue weighted by Gasteiger charge is -2.39. The van der Waals surface area contributed by atoms with Gasteiger partial charge in [0.1, 0.15) is 11.5 Å². The Labute approximate surface area is 358 Å². The molecule has 12 rings (SSSR count). The summed E-state index contributed by atoms with van der Waals surface area (Å²) in [6.45, 7) is 0. The lowest BCUT2D eigenvalue weighted by molar-refractivity contribution is 0.436. The van der Waals surface area contributed by atoms with Crippen molar-refractivity contribution in [2.75, 3.05) is 0 Å². The molecule has 1 aliphatic heterocycles. The van der Waals surface area contributed by atoms with E-state index in [-0.39, 0.29) is 0 Å². The molecule has 1 aliphatic carbocycles. The van der Waals surface area contributed by atoms with Gasteiger partial charge < -0.3 is 4.74 Å². The van der Waals surface area contributed by atoms with E-state index < -0.39 is 5.41 Å². The SMILES string of the molecule is c1ccc(-c2nc(-c3ccccc3)nc(-c3cccc4c3-c3c(-c5cc(-c6ccncc6)nc(-c6ccncc6)c5)cccc3C43c4ccccc4Oc4ccccc43)n2)cc1. The Balaban J connectivity index is 1.21. The van der Waals surface area contributed by atoms with E-state index >= 15 is 0 Å². The Hall–Kier alpha value is -8.42. The van der Waals surface area contributed by atoms with Gasteiger partial charge in [0.15, 0.2) is 17.5 Å². The van der Waals surface area contributed by atoms with Gasteiger partial charge in [0.05, 0.1) is 16.8 Å². The molecule has 5 heterocycles. The number of aromatic nitrogens is 6. The van der Waals surface area contributed by atoms with Crippen molar-refractivity contribution in [1.82, 2.24) is 29.9 Å². The zero-order chi connectivity index (χ0) is 41.0. The highest BCUT2D eigenvalue weighted by Gasteiger charge is 2.52. The summed E-state index contributed by atoms with van der Waals surface area (Å²) in [5.41, 5.74) is 14.3. The molecule has 0 saturated carbocycles. The predicted octanol–water partition coefficient (Wildman–Crippen LogP) is 12.5. The van der Waals surface area contributed by atoms with Crippen molar-refractivity contribution in [3.8, 4) is 90.4 Å². The lowest BCUT2D eigenvalue weighted by atomic mass is 9.66. The van der Waals surface area contributed by atoms with Crippen LogP contribution in [0, 0.1) is 0 Å². The van der Waals surface area contributed by atoms with Gasteiger partial charge in [-0.2, -0.15) is 0 Å². The van der Waals surface area contributed by atoms with Gasteiger partial charge >= 0.3 is 0 Å². The molecule has 7 heteroatoms. The smallest absolute Gasteiger partial charge is 0.164 e. The molecule has 1 spiro atoms. The summed E-state index contributed by atoms with van der Waals surface area (Å²) in [6.07, 6.45) is 7.24. The maximum atomic E-state index is 6.73. The molecule has 62 heavy (non-hydrogen) atoms. The minimum absolute atomic E-state index is 0.589. The molecule has 6 aromatic carbocycles. The van der Waals surface area contributed by atoms with Crippen molar-refractivity contribution in [3.05, 3.63) is 229 Å². The minimum atomic E-state index is -0.742. The van der Waals surface area contributed by atoms with E-state index in [0.29, 0.717) is 17.5 Å². The molecule has 0 atom stereocenters. The van der Waals surface area contributed by atoms with E-state index in [0.717, 1.165) is 95.2 Å². The first-order chi connectivity index (χ1) is 30.7. The van der Waals surface area contributed by atoms with Crippen molar-refractivity contribution in [2.45, 2.75) is 5.41 Å². The van der Waals surface area contributed by atoms with Crippen LogP contribution in [0.15, 0.2) is 207 Å². The summed E-state index contributed by atoms with van der Waals surface area (Å²) in [7, 11) is 0. The summed E-state index contributed by atoms with van der Waals surface area (Å²) >= 11 is 0. The highest BCUT2D eigenvalue weighted by atomic mass is 16.5. The monoisotopic (exact) mass is 794 g/mol. The van der Waals surface area contributed by atoms with Gasteiger partial charge in [-0.25, -0.2) is 19.9 Å². The molecular weight excluding hydrogens is 761 g/mol. The number of rotatable bonds is 6. The van der Waals surface area contributed by atoms with E-state index in [1.165, 1.54) is 0 Å². The molecule has 0 radical (unpaired) electrons. The number of para-hydroxylation sites is 2. The van der Waals surface area contributed by atoms with E-state index in [9.17, 15) is 0 Å². The van der Waals surface area contributed by atoms with Crippen molar-refractivity contribution >= 4 is 0 Å². The second kappa shape index (κ2) is 14.4. The fourth-order valence-electron chi connectivity index (χ4n) is 9.37. The van der Waals surface area contributed by atoms with Crippen molar-refractivity contribution in [1.29, 1.82) is 0 Å². The van der Waals surface area contributed by atoms with Gasteiger partial charge in [-0.3, -0.25) is 9.97 Å². The number of hydrogen-bond acceptors (Lipinski definition) is 7. The maximum Gasteiger partial charge on any atom is 0.164 e.